The summed E-state index contributed by atoms with van der Waals surface area (Å²) in [5.74, 6) is -1.23. The number of carboxylic acid groups (broad SMARTS) is 1. The van der Waals surface area contributed by atoms with E-state index in [0.717, 1.165) is 18.4 Å². The topological polar surface area (TPSA) is 83.8 Å². The number of hydrogen-bond donors (Lipinski definition) is 2. The van der Waals surface area contributed by atoms with Crippen LogP contribution in [0.4, 0.5) is 0 Å². The fourth-order valence-electron chi connectivity index (χ4n) is 3.13. The molecule has 0 fully saturated rings. The first-order chi connectivity index (χ1) is 9.45. The lowest BCUT2D eigenvalue weighted by Crippen LogP contribution is -2.28. The number of esters is 1. The van der Waals surface area contributed by atoms with Crippen LogP contribution in [0.1, 0.15) is 26.7 Å². The lowest BCUT2D eigenvalue weighted by Gasteiger charge is -2.32. The minimum atomic E-state index is -1.14. The summed E-state index contributed by atoms with van der Waals surface area (Å²) < 4.78 is 5.08. The fourth-order valence-corrected chi connectivity index (χ4v) is 3.13. The first-order valence-electron chi connectivity index (χ1n) is 6.89. The van der Waals surface area contributed by atoms with Crippen molar-refractivity contribution < 1.29 is 24.5 Å². The summed E-state index contributed by atoms with van der Waals surface area (Å²) in [7, 11) is 0. The zero-order valence-corrected chi connectivity index (χ0v) is 11.8. The summed E-state index contributed by atoms with van der Waals surface area (Å²) in [6.07, 6.45) is 3.27. The highest BCUT2D eigenvalue weighted by molar-refractivity contribution is 5.94. The van der Waals surface area contributed by atoms with Crippen molar-refractivity contribution in [2.75, 3.05) is 13.2 Å². The van der Waals surface area contributed by atoms with Gasteiger partial charge in [-0.2, -0.15) is 0 Å². The summed E-state index contributed by atoms with van der Waals surface area (Å²) in [6.45, 7) is 3.92. The molecule has 1 heterocycles. The monoisotopic (exact) mass is 280 g/mol. The molecule has 0 bridgehead atoms. The highest BCUT2D eigenvalue weighted by Crippen LogP contribution is 2.43. The molecular formula is C15H20O5. The third kappa shape index (κ3) is 2.63. The number of allylic oxidation sites excluding steroid dienone is 1. The Morgan fingerprint density at radius 3 is 2.75 bits per heavy atom. The molecule has 0 radical (unpaired) electrons. The van der Waals surface area contributed by atoms with Gasteiger partial charge in [0.1, 0.15) is 6.61 Å². The Morgan fingerprint density at radius 1 is 1.50 bits per heavy atom. The molecule has 110 valence electrons. The van der Waals surface area contributed by atoms with Crippen LogP contribution in [0.5, 0.6) is 0 Å². The van der Waals surface area contributed by atoms with Crippen molar-refractivity contribution in [1.82, 2.24) is 0 Å². The molecule has 1 aliphatic heterocycles. The number of aliphatic hydroxyl groups excluding tert-OH is 1. The van der Waals surface area contributed by atoms with Gasteiger partial charge < -0.3 is 14.9 Å². The molecule has 5 nitrogen and oxygen atoms in total. The summed E-state index contributed by atoms with van der Waals surface area (Å²) >= 11 is 0. The molecule has 0 saturated heterocycles. The second-order valence-electron chi connectivity index (χ2n) is 5.72. The molecule has 2 atom stereocenters. The second kappa shape index (κ2) is 5.79. The van der Waals surface area contributed by atoms with Gasteiger partial charge in [0, 0.05) is 11.5 Å². The van der Waals surface area contributed by atoms with Crippen LogP contribution in [-0.2, 0) is 14.3 Å². The van der Waals surface area contributed by atoms with Gasteiger partial charge in [0.25, 0.3) is 0 Å². The summed E-state index contributed by atoms with van der Waals surface area (Å²) in [5.41, 5.74) is 1.53. The number of carboxylic acids is 1. The van der Waals surface area contributed by atoms with Gasteiger partial charge in [-0.05, 0) is 30.3 Å². The van der Waals surface area contributed by atoms with Gasteiger partial charge >= 0.3 is 11.9 Å². The van der Waals surface area contributed by atoms with E-state index in [4.69, 9.17) is 9.84 Å². The first-order valence-corrected chi connectivity index (χ1v) is 6.89. The number of aliphatic hydroxyl groups is 1. The minimum absolute atomic E-state index is 0.0610. The van der Waals surface area contributed by atoms with Gasteiger partial charge in [-0.1, -0.05) is 19.9 Å². The van der Waals surface area contributed by atoms with E-state index < -0.39 is 12.6 Å². The van der Waals surface area contributed by atoms with E-state index in [-0.39, 0.29) is 23.4 Å². The Morgan fingerprint density at radius 2 is 2.20 bits per heavy atom. The highest BCUT2D eigenvalue weighted by atomic mass is 16.5. The Balaban J connectivity index is 2.43. The van der Waals surface area contributed by atoms with Gasteiger partial charge in [0.15, 0.2) is 0 Å². The maximum atomic E-state index is 11.9. The van der Waals surface area contributed by atoms with E-state index in [1.54, 1.807) is 0 Å². The van der Waals surface area contributed by atoms with Gasteiger partial charge in [-0.15, -0.1) is 0 Å². The van der Waals surface area contributed by atoms with Crippen LogP contribution < -0.4 is 0 Å². The smallest absolute Gasteiger partial charge is 0.335 e. The molecule has 5 heteroatoms. The summed E-state index contributed by atoms with van der Waals surface area (Å²) in [5, 5.41) is 18.3. The molecule has 0 aromatic rings. The van der Waals surface area contributed by atoms with E-state index in [2.05, 4.69) is 13.8 Å². The number of carbonyl (C=O) groups is 2. The molecule has 20 heavy (non-hydrogen) atoms. The largest absolute Gasteiger partial charge is 0.478 e. The van der Waals surface area contributed by atoms with Crippen molar-refractivity contribution >= 4 is 11.9 Å². The van der Waals surface area contributed by atoms with Crippen molar-refractivity contribution in [2.24, 2.45) is 17.8 Å². The van der Waals surface area contributed by atoms with Crippen LogP contribution in [0.3, 0.4) is 0 Å². The predicted molar refractivity (Wildman–Crippen MR) is 71.8 cm³/mol. The Bertz CT molecular complexity index is 486. The van der Waals surface area contributed by atoms with E-state index in [9.17, 15) is 14.7 Å². The molecule has 0 amide bonds. The van der Waals surface area contributed by atoms with Crippen molar-refractivity contribution in [1.29, 1.82) is 0 Å². The van der Waals surface area contributed by atoms with Crippen LogP contribution >= 0.6 is 0 Å². The maximum Gasteiger partial charge on any atom is 0.335 e. The predicted octanol–water partition coefficient (Wildman–Crippen LogP) is 1.53. The molecule has 2 rings (SSSR count). The quantitative estimate of drug-likeness (QED) is 0.602. The van der Waals surface area contributed by atoms with Crippen LogP contribution in [-0.4, -0.2) is 35.4 Å². The van der Waals surface area contributed by atoms with Crippen LogP contribution in [0, 0.1) is 17.8 Å². The number of aliphatic carboxylic acids is 1. The number of rotatable bonds is 4. The lowest BCUT2D eigenvalue weighted by molar-refractivity contribution is -0.137. The Kier molecular flexibility index (Phi) is 4.28. The van der Waals surface area contributed by atoms with Gasteiger partial charge in [-0.25, -0.2) is 9.59 Å². The minimum Gasteiger partial charge on any atom is -0.478 e. The normalized spacial score (nSPS) is 26.8. The molecule has 1 aliphatic carbocycles. The highest BCUT2D eigenvalue weighted by Gasteiger charge is 2.39. The molecular weight excluding hydrogens is 260 g/mol. The van der Waals surface area contributed by atoms with Gasteiger partial charge in [-0.3, -0.25) is 0 Å². The average Bonchev–Trinajstić information content (AvgIpc) is 2.77. The average molecular weight is 280 g/mol. The molecule has 2 N–H and O–H groups in total. The second-order valence-corrected chi connectivity index (χ2v) is 5.72. The van der Waals surface area contributed by atoms with E-state index in [1.807, 2.05) is 0 Å². The van der Waals surface area contributed by atoms with Crippen molar-refractivity contribution in [3.63, 3.8) is 0 Å². The van der Waals surface area contributed by atoms with Crippen LogP contribution in [0.15, 0.2) is 22.8 Å². The van der Waals surface area contributed by atoms with Crippen LogP contribution in [0.2, 0.25) is 0 Å². The first kappa shape index (κ1) is 14.8. The third-order valence-electron chi connectivity index (χ3n) is 4.23. The van der Waals surface area contributed by atoms with Gasteiger partial charge in [0.2, 0.25) is 0 Å². The molecule has 2 unspecified atom stereocenters. The third-order valence-corrected chi connectivity index (χ3v) is 4.23. The molecule has 0 saturated carbocycles. The van der Waals surface area contributed by atoms with E-state index in [0.29, 0.717) is 18.1 Å². The fraction of sp³-hybridized carbons (Fsp3) is 0.600. The van der Waals surface area contributed by atoms with E-state index in [1.165, 1.54) is 6.08 Å². The Labute approximate surface area is 117 Å². The number of hydrogen-bond acceptors (Lipinski definition) is 4. The van der Waals surface area contributed by atoms with Crippen LogP contribution in [0.25, 0.3) is 0 Å². The zero-order valence-electron chi connectivity index (χ0n) is 11.8. The maximum absolute atomic E-state index is 11.9. The summed E-state index contributed by atoms with van der Waals surface area (Å²) in [6, 6.07) is 0. The molecule has 2 aliphatic rings. The lowest BCUT2D eigenvalue weighted by atomic mass is 9.70. The van der Waals surface area contributed by atoms with Crippen molar-refractivity contribution in [3.05, 3.63) is 22.8 Å². The van der Waals surface area contributed by atoms with Crippen molar-refractivity contribution in [3.8, 4) is 0 Å². The number of ether oxygens (including phenoxy) is 1. The van der Waals surface area contributed by atoms with E-state index >= 15 is 0 Å². The number of cyclic esters (lactones) is 1. The Hall–Kier alpha value is -1.62. The van der Waals surface area contributed by atoms with Gasteiger partial charge in [0.05, 0.1) is 12.2 Å². The molecule has 0 aromatic heterocycles. The standard InChI is InChI=1S/C15H20O5/c1-8(2)11-4-3-9-7-20-15(19)13(9)12(11)5-10(6-16)14(17)18/h5,8,11-12,16H,3-4,6-7H2,1-2H3,(H,17,18). The molecule has 0 spiro atoms. The number of carbonyl (C=O) groups excluding carboxylic acids is 1. The van der Waals surface area contributed by atoms with Crippen molar-refractivity contribution in [2.45, 2.75) is 26.7 Å². The summed E-state index contributed by atoms with van der Waals surface area (Å²) in [4.78, 5) is 23.0. The molecule has 0 aromatic carbocycles. The zero-order chi connectivity index (χ0) is 14.9. The SMILES string of the molecule is CC(C)C1CCC2=C(C(=O)OC2)C1C=C(CO)C(=O)O.